The number of aromatic nitrogens is 1. The Morgan fingerprint density at radius 1 is 1.58 bits per heavy atom. The van der Waals surface area contributed by atoms with E-state index in [1.54, 1.807) is 6.92 Å². The summed E-state index contributed by atoms with van der Waals surface area (Å²) in [6.45, 7) is 1.54. The Morgan fingerprint density at radius 3 is 2.67 bits per heavy atom. The summed E-state index contributed by atoms with van der Waals surface area (Å²) < 4.78 is 0. The van der Waals surface area contributed by atoms with Crippen molar-refractivity contribution in [2.75, 3.05) is 0 Å². The fourth-order valence-electron chi connectivity index (χ4n) is 0.780. The number of carboxylic acid groups (broad SMARTS) is 1. The second kappa shape index (κ2) is 3.21. The molecule has 4 heteroatoms. The minimum atomic E-state index is -0.923. The van der Waals surface area contributed by atoms with Crippen LogP contribution in [0.4, 0.5) is 0 Å². The van der Waals surface area contributed by atoms with Crippen LogP contribution in [0, 0.1) is 0 Å². The van der Waals surface area contributed by atoms with Crippen LogP contribution in [0.1, 0.15) is 18.5 Å². The highest BCUT2D eigenvalue weighted by atomic mass is 16.4. The van der Waals surface area contributed by atoms with E-state index in [9.17, 15) is 4.79 Å². The predicted molar refractivity (Wildman–Crippen MR) is 42.0 cm³/mol. The molecular formula is C8H9NO3. The topological polar surface area (TPSA) is 70.4 Å². The molecule has 0 aliphatic carbocycles. The lowest BCUT2D eigenvalue weighted by molar-refractivity contribution is -0.138. The predicted octanol–water partition coefficient (Wildman–Crippen LogP) is 0.975. The van der Waals surface area contributed by atoms with E-state index in [0.717, 1.165) is 0 Å². The van der Waals surface area contributed by atoms with Crippen molar-refractivity contribution in [1.29, 1.82) is 0 Å². The minimum absolute atomic E-state index is 0.0383. The van der Waals surface area contributed by atoms with Crippen molar-refractivity contribution < 1.29 is 15.0 Å². The highest BCUT2D eigenvalue weighted by Gasteiger charge is 2.14. The Balaban J connectivity index is 2.89. The zero-order valence-corrected chi connectivity index (χ0v) is 6.56. The largest absolute Gasteiger partial charge is 0.506 e. The molecule has 1 unspecified atom stereocenters. The van der Waals surface area contributed by atoms with Gasteiger partial charge in [0.15, 0.2) is 0 Å². The van der Waals surface area contributed by atoms with Gasteiger partial charge in [0.25, 0.3) is 0 Å². The molecule has 0 saturated carbocycles. The average Bonchev–Trinajstić information content (AvgIpc) is 2.04. The molecule has 0 aliphatic heterocycles. The maximum Gasteiger partial charge on any atom is 0.312 e. The van der Waals surface area contributed by atoms with Gasteiger partial charge in [0.05, 0.1) is 17.8 Å². The van der Waals surface area contributed by atoms with Crippen molar-refractivity contribution in [3.63, 3.8) is 0 Å². The van der Waals surface area contributed by atoms with Crippen LogP contribution >= 0.6 is 0 Å². The van der Waals surface area contributed by atoms with Crippen molar-refractivity contribution in [3.05, 3.63) is 24.0 Å². The summed E-state index contributed by atoms with van der Waals surface area (Å²) in [6, 6.07) is 2.91. The minimum Gasteiger partial charge on any atom is -0.506 e. The van der Waals surface area contributed by atoms with Crippen molar-refractivity contribution in [3.8, 4) is 5.75 Å². The molecule has 1 rings (SSSR count). The molecule has 0 aliphatic rings. The highest BCUT2D eigenvalue weighted by molar-refractivity contribution is 5.74. The third-order valence-electron chi connectivity index (χ3n) is 1.58. The third kappa shape index (κ3) is 1.72. The zero-order valence-electron chi connectivity index (χ0n) is 6.56. The van der Waals surface area contributed by atoms with Crippen molar-refractivity contribution in [1.82, 2.24) is 4.98 Å². The van der Waals surface area contributed by atoms with Crippen molar-refractivity contribution >= 4 is 5.97 Å². The number of hydrogen-bond donors (Lipinski definition) is 2. The van der Waals surface area contributed by atoms with Gasteiger partial charge in [0.1, 0.15) is 5.75 Å². The first-order valence-corrected chi connectivity index (χ1v) is 3.49. The SMILES string of the molecule is CC(C(=O)O)c1ccc(O)cn1. The summed E-state index contributed by atoms with van der Waals surface area (Å²) in [4.78, 5) is 14.3. The van der Waals surface area contributed by atoms with Gasteiger partial charge < -0.3 is 10.2 Å². The monoisotopic (exact) mass is 167 g/mol. The van der Waals surface area contributed by atoms with Gasteiger partial charge >= 0.3 is 5.97 Å². The first-order valence-electron chi connectivity index (χ1n) is 3.49. The van der Waals surface area contributed by atoms with Gasteiger partial charge in [-0.05, 0) is 19.1 Å². The molecule has 1 atom stereocenters. The molecule has 2 N–H and O–H groups in total. The van der Waals surface area contributed by atoms with Crippen LogP contribution in [-0.4, -0.2) is 21.2 Å². The zero-order chi connectivity index (χ0) is 9.14. The van der Waals surface area contributed by atoms with Gasteiger partial charge in [-0.2, -0.15) is 0 Å². The van der Waals surface area contributed by atoms with E-state index in [1.807, 2.05) is 0 Å². The smallest absolute Gasteiger partial charge is 0.312 e. The fourth-order valence-corrected chi connectivity index (χ4v) is 0.780. The lowest BCUT2D eigenvalue weighted by Crippen LogP contribution is -2.08. The van der Waals surface area contributed by atoms with Crippen molar-refractivity contribution in [2.45, 2.75) is 12.8 Å². The quantitative estimate of drug-likeness (QED) is 0.688. The van der Waals surface area contributed by atoms with Gasteiger partial charge in [-0.1, -0.05) is 0 Å². The van der Waals surface area contributed by atoms with Crippen LogP contribution in [0.3, 0.4) is 0 Å². The molecule has 64 valence electrons. The summed E-state index contributed by atoms with van der Waals surface area (Å²) in [5, 5.41) is 17.5. The maximum absolute atomic E-state index is 10.5. The van der Waals surface area contributed by atoms with Crippen LogP contribution in [0.25, 0.3) is 0 Å². The van der Waals surface area contributed by atoms with E-state index in [0.29, 0.717) is 5.69 Å². The Labute approximate surface area is 69.5 Å². The molecule has 0 bridgehead atoms. The molecule has 0 aromatic carbocycles. The lowest BCUT2D eigenvalue weighted by atomic mass is 10.1. The van der Waals surface area contributed by atoms with Crippen LogP contribution in [0.5, 0.6) is 5.75 Å². The first kappa shape index (κ1) is 8.52. The molecule has 0 amide bonds. The molecule has 0 saturated heterocycles. The molecular weight excluding hydrogens is 158 g/mol. The van der Waals surface area contributed by atoms with Crippen molar-refractivity contribution in [2.24, 2.45) is 0 Å². The number of pyridine rings is 1. The molecule has 0 radical (unpaired) electrons. The van der Waals surface area contributed by atoms with E-state index in [2.05, 4.69) is 4.98 Å². The second-order valence-electron chi connectivity index (χ2n) is 2.50. The normalized spacial score (nSPS) is 12.4. The lowest BCUT2D eigenvalue weighted by Gasteiger charge is -2.03. The number of rotatable bonds is 2. The number of carboxylic acids is 1. The van der Waals surface area contributed by atoms with Gasteiger partial charge in [0.2, 0.25) is 0 Å². The second-order valence-corrected chi connectivity index (χ2v) is 2.50. The van der Waals surface area contributed by atoms with Crippen LogP contribution in [0.15, 0.2) is 18.3 Å². The van der Waals surface area contributed by atoms with E-state index in [1.165, 1.54) is 18.3 Å². The van der Waals surface area contributed by atoms with Crippen LogP contribution in [0.2, 0.25) is 0 Å². The Morgan fingerprint density at radius 2 is 2.25 bits per heavy atom. The summed E-state index contributed by atoms with van der Waals surface area (Å²) in [7, 11) is 0. The van der Waals surface area contributed by atoms with E-state index in [4.69, 9.17) is 10.2 Å². The molecule has 1 aromatic rings. The van der Waals surface area contributed by atoms with E-state index in [-0.39, 0.29) is 5.75 Å². The number of hydrogen-bond acceptors (Lipinski definition) is 3. The Bertz CT molecular complexity index is 281. The van der Waals surface area contributed by atoms with Crippen LogP contribution in [-0.2, 0) is 4.79 Å². The molecule has 1 heterocycles. The van der Waals surface area contributed by atoms with Gasteiger partial charge in [-0.25, -0.2) is 0 Å². The van der Waals surface area contributed by atoms with Crippen LogP contribution < -0.4 is 0 Å². The fraction of sp³-hybridized carbons (Fsp3) is 0.250. The standard InChI is InChI=1S/C8H9NO3/c1-5(8(11)12)7-3-2-6(10)4-9-7/h2-5,10H,1H3,(H,11,12). The number of aliphatic carboxylic acids is 1. The Kier molecular flexibility index (Phi) is 2.28. The number of carbonyl (C=O) groups is 1. The average molecular weight is 167 g/mol. The van der Waals surface area contributed by atoms with Gasteiger partial charge in [0, 0.05) is 0 Å². The highest BCUT2D eigenvalue weighted by Crippen LogP contribution is 2.14. The Hall–Kier alpha value is -1.58. The summed E-state index contributed by atoms with van der Waals surface area (Å²) in [6.07, 6.45) is 1.23. The van der Waals surface area contributed by atoms with Gasteiger partial charge in [-0.3, -0.25) is 9.78 Å². The molecule has 12 heavy (non-hydrogen) atoms. The summed E-state index contributed by atoms with van der Waals surface area (Å²) in [5.41, 5.74) is 0.445. The molecule has 1 aromatic heterocycles. The summed E-state index contributed by atoms with van der Waals surface area (Å²) >= 11 is 0. The van der Waals surface area contributed by atoms with Gasteiger partial charge in [-0.15, -0.1) is 0 Å². The van der Waals surface area contributed by atoms with E-state index >= 15 is 0 Å². The third-order valence-corrected chi connectivity index (χ3v) is 1.58. The first-order chi connectivity index (χ1) is 5.61. The number of nitrogens with zero attached hydrogens (tertiary/aromatic N) is 1. The molecule has 0 fully saturated rings. The summed E-state index contributed by atoms with van der Waals surface area (Å²) in [5.74, 6) is -1.52. The van der Waals surface area contributed by atoms with E-state index < -0.39 is 11.9 Å². The molecule has 4 nitrogen and oxygen atoms in total. The molecule has 0 spiro atoms. The number of aromatic hydroxyl groups is 1. The maximum atomic E-state index is 10.5.